The van der Waals surface area contributed by atoms with Crippen molar-refractivity contribution >= 4 is 48.9 Å². The van der Waals surface area contributed by atoms with Crippen molar-refractivity contribution in [3.63, 3.8) is 0 Å². The average molecular weight is 383 g/mol. The molecule has 9 heteroatoms. The monoisotopic (exact) mass is 381 g/mol. The molecule has 2 aromatic heterocycles. The molecule has 0 saturated carbocycles. The minimum absolute atomic E-state index is 0.0585. The zero-order valence-corrected chi connectivity index (χ0v) is 13.7. The summed E-state index contributed by atoms with van der Waals surface area (Å²) in [5.74, 6) is 0. The first-order chi connectivity index (χ1) is 8.88. The van der Waals surface area contributed by atoms with Crippen LogP contribution in [0.15, 0.2) is 27.0 Å². The number of thiazole rings is 1. The molecule has 0 aliphatic rings. The number of nitrogens with zero attached hydrogens (tertiary/aromatic N) is 2. The first-order valence-electron chi connectivity index (χ1n) is 5.10. The highest BCUT2D eigenvalue weighted by molar-refractivity contribution is 9.10. The van der Waals surface area contributed by atoms with Crippen LogP contribution in [0.25, 0.3) is 0 Å². The van der Waals surface area contributed by atoms with Crippen LogP contribution in [0.2, 0.25) is 5.15 Å². The third kappa shape index (κ3) is 3.73. The Morgan fingerprint density at radius 2 is 2.26 bits per heavy atom. The summed E-state index contributed by atoms with van der Waals surface area (Å²) < 4.78 is 27.2. The van der Waals surface area contributed by atoms with Crippen molar-refractivity contribution in [3.8, 4) is 0 Å². The molecule has 102 valence electrons. The van der Waals surface area contributed by atoms with Crippen LogP contribution in [0.3, 0.4) is 0 Å². The molecule has 0 saturated heterocycles. The fourth-order valence-corrected chi connectivity index (χ4v) is 4.04. The van der Waals surface area contributed by atoms with Crippen LogP contribution in [-0.2, 0) is 16.6 Å². The summed E-state index contributed by atoms with van der Waals surface area (Å²) in [7, 11) is -3.71. The lowest BCUT2D eigenvalue weighted by atomic mass is 10.5. The van der Waals surface area contributed by atoms with Crippen LogP contribution in [0.4, 0.5) is 0 Å². The highest BCUT2D eigenvalue weighted by atomic mass is 79.9. The summed E-state index contributed by atoms with van der Waals surface area (Å²) in [5.41, 5.74) is 0.862. The lowest BCUT2D eigenvalue weighted by Gasteiger charge is -2.06. The number of rotatable bonds is 4. The molecule has 0 aliphatic carbocycles. The van der Waals surface area contributed by atoms with Gasteiger partial charge in [-0.05, 0) is 28.9 Å². The molecule has 0 aromatic carbocycles. The van der Waals surface area contributed by atoms with Gasteiger partial charge < -0.3 is 0 Å². The van der Waals surface area contributed by atoms with Crippen LogP contribution in [0.1, 0.15) is 10.7 Å². The van der Waals surface area contributed by atoms with E-state index < -0.39 is 10.0 Å². The minimum atomic E-state index is -3.71. The number of aromatic nitrogens is 2. The fourth-order valence-electron chi connectivity index (χ4n) is 1.31. The van der Waals surface area contributed by atoms with Gasteiger partial charge >= 0.3 is 0 Å². The Kier molecular flexibility index (Phi) is 4.57. The van der Waals surface area contributed by atoms with Gasteiger partial charge in [-0.15, -0.1) is 11.3 Å². The standard InChI is InChI=1S/C10H9BrClN3O2S2/c1-6-5-18-9(15-6)4-14-19(16,17)8-2-7(11)3-13-10(8)12/h2-3,5,14H,4H2,1H3. The minimum Gasteiger partial charge on any atom is -0.245 e. The van der Waals surface area contributed by atoms with Crippen LogP contribution in [0, 0.1) is 6.92 Å². The molecule has 0 atom stereocenters. The second kappa shape index (κ2) is 5.84. The maximum absolute atomic E-state index is 12.1. The normalized spacial score (nSPS) is 11.7. The van der Waals surface area contributed by atoms with Gasteiger partial charge in [0.1, 0.15) is 15.1 Å². The van der Waals surface area contributed by atoms with E-state index in [0.717, 1.165) is 5.69 Å². The van der Waals surface area contributed by atoms with E-state index in [9.17, 15) is 8.42 Å². The molecule has 0 spiro atoms. The second-order valence-electron chi connectivity index (χ2n) is 3.65. The molecular formula is C10H9BrClN3O2S2. The smallest absolute Gasteiger partial charge is 0.244 e. The molecule has 2 rings (SSSR count). The maximum Gasteiger partial charge on any atom is 0.244 e. The summed E-state index contributed by atoms with van der Waals surface area (Å²) in [4.78, 5) is 7.91. The highest BCUT2D eigenvalue weighted by Crippen LogP contribution is 2.22. The lowest BCUT2D eigenvalue weighted by molar-refractivity contribution is 0.580. The van der Waals surface area contributed by atoms with Gasteiger partial charge in [0.05, 0.1) is 6.54 Å². The van der Waals surface area contributed by atoms with Crippen molar-refractivity contribution in [1.29, 1.82) is 0 Å². The zero-order valence-electron chi connectivity index (χ0n) is 9.72. The molecule has 2 heterocycles. The topological polar surface area (TPSA) is 72.0 Å². The third-order valence-corrected chi connectivity index (χ3v) is 5.37. The van der Waals surface area contributed by atoms with Crippen LogP contribution >= 0.6 is 38.9 Å². The van der Waals surface area contributed by atoms with Crippen LogP contribution < -0.4 is 4.72 Å². The van der Waals surface area contributed by atoms with E-state index in [0.29, 0.717) is 9.48 Å². The molecule has 5 nitrogen and oxygen atoms in total. The second-order valence-corrected chi connectivity index (χ2v) is 7.60. The summed E-state index contributed by atoms with van der Waals surface area (Å²) in [6, 6.07) is 1.41. The van der Waals surface area contributed by atoms with E-state index >= 15 is 0 Å². The van der Waals surface area contributed by atoms with Gasteiger partial charge in [-0.3, -0.25) is 0 Å². The van der Waals surface area contributed by atoms with E-state index in [1.165, 1.54) is 23.6 Å². The maximum atomic E-state index is 12.1. The predicted molar refractivity (Wildman–Crippen MR) is 77.8 cm³/mol. The van der Waals surface area contributed by atoms with Gasteiger partial charge in [0.2, 0.25) is 10.0 Å². The number of sulfonamides is 1. The Labute approximate surface area is 128 Å². The predicted octanol–water partition coefficient (Wildman–Crippen LogP) is 2.74. The first-order valence-corrected chi connectivity index (χ1v) is 8.63. The number of halogens is 2. The highest BCUT2D eigenvalue weighted by Gasteiger charge is 2.19. The number of nitrogens with one attached hydrogen (secondary N) is 1. The van der Waals surface area contributed by atoms with Gasteiger partial charge in [-0.1, -0.05) is 11.6 Å². The SMILES string of the molecule is Cc1csc(CNS(=O)(=O)c2cc(Br)cnc2Cl)n1. The summed E-state index contributed by atoms with van der Waals surface area (Å²) in [6.07, 6.45) is 1.44. The van der Waals surface area contributed by atoms with Crippen molar-refractivity contribution in [1.82, 2.24) is 14.7 Å². The van der Waals surface area contributed by atoms with Crippen molar-refractivity contribution in [2.75, 3.05) is 0 Å². The Morgan fingerprint density at radius 3 is 2.89 bits per heavy atom. The Bertz CT molecular complexity index is 703. The number of pyridine rings is 1. The van der Waals surface area contributed by atoms with Crippen molar-refractivity contribution in [2.24, 2.45) is 0 Å². The molecule has 19 heavy (non-hydrogen) atoms. The number of hydrogen-bond acceptors (Lipinski definition) is 5. The van der Waals surface area contributed by atoms with E-state index in [1.807, 2.05) is 12.3 Å². The van der Waals surface area contributed by atoms with Crippen molar-refractivity contribution in [2.45, 2.75) is 18.4 Å². The molecule has 0 amide bonds. The Hall–Kier alpha value is -0.540. The summed E-state index contributed by atoms with van der Waals surface area (Å²) >= 11 is 10.4. The lowest BCUT2D eigenvalue weighted by Crippen LogP contribution is -2.23. The van der Waals surface area contributed by atoms with E-state index in [1.54, 1.807) is 0 Å². The van der Waals surface area contributed by atoms with E-state index in [4.69, 9.17) is 11.6 Å². The molecule has 0 radical (unpaired) electrons. The van der Waals surface area contributed by atoms with Crippen LogP contribution in [0.5, 0.6) is 0 Å². The molecule has 0 fully saturated rings. The molecule has 2 aromatic rings. The van der Waals surface area contributed by atoms with Gasteiger partial charge in [0.25, 0.3) is 0 Å². The van der Waals surface area contributed by atoms with Crippen molar-refractivity contribution in [3.05, 3.63) is 38.0 Å². The van der Waals surface area contributed by atoms with Gasteiger partial charge in [-0.25, -0.2) is 23.1 Å². The zero-order chi connectivity index (χ0) is 14.0. The van der Waals surface area contributed by atoms with Gasteiger partial charge in [-0.2, -0.15) is 0 Å². The van der Waals surface area contributed by atoms with E-state index in [2.05, 4.69) is 30.6 Å². The quantitative estimate of drug-likeness (QED) is 0.825. The molecule has 0 unspecified atom stereocenters. The Morgan fingerprint density at radius 1 is 1.53 bits per heavy atom. The summed E-state index contributed by atoms with van der Waals surface area (Å²) in [6.45, 7) is 1.98. The first kappa shape index (κ1) is 14.9. The Balaban J connectivity index is 2.20. The summed E-state index contributed by atoms with van der Waals surface area (Å²) in [5, 5.41) is 2.49. The number of hydrogen-bond donors (Lipinski definition) is 1. The third-order valence-electron chi connectivity index (χ3n) is 2.14. The molecule has 0 aliphatic heterocycles. The molecular weight excluding hydrogens is 374 g/mol. The average Bonchev–Trinajstić information content (AvgIpc) is 2.76. The fraction of sp³-hybridized carbons (Fsp3) is 0.200. The van der Waals surface area contributed by atoms with Gasteiger partial charge in [0.15, 0.2) is 0 Å². The van der Waals surface area contributed by atoms with Crippen LogP contribution in [-0.4, -0.2) is 18.4 Å². The number of aryl methyl sites for hydroxylation is 1. The van der Waals surface area contributed by atoms with Gasteiger partial charge in [0, 0.05) is 21.7 Å². The largest absolute Gasteiger partial charge is 0.245 e. The van der Waals surface area contributed by atoms with E-state index in [-0.39, 0.29) is 16.6 Å². The van der Waals surface area contributed by atoms with Crippen molar-refractivity contribution < 1.29 is 8.42 Å². The molecule has 0 bridgehead atoms. The molecule has 1 N–H and O–H groups in total.